The van der Waals surface area contributed by atoms with Gasteiger partial charge in [0.2, 0.25) is 0 Å². The van der Waals surface area contributed by atoms with Gasteiger partial charge in [0.1, 0.15) is 5.82 Å². The van der Waals surface area contributed by atoms with Crippen LogP contribution in [0.3, 0.4) is 0 Å². The van der Waals surface area contributed by atoms with Gasteiger partial charge in [-0.15, -0.1) is 0 Å². The predicted octanol–water partition coefficient (Wildman–Crippen LogP) is 3.77. The van der Waals surface area contributed by atoms with Crippen molar-refractivity contribution in [2.45, 2.75) is 38.6 Å². The molecular weight excluding hydrogens is 265 g/mol. The van der Waals surface area contributed by atoms with Gasteiger partial charge >= 0.3 is 0 Å². The lowest BCUT2D eigenvalue weighted by Crippen LogP contribution is -2.16. The minimum Gasteiger partial charge on any atom is -0.372 e. The number of halogens is 1. The van der Waals surface area contributed by atoms with Gasteiger partial charge in [-0.2, -0.15) is 0 Å². The summed E-state index contributed by atoms with van der Waals surface area (Å²) >= 11 is 0. The van der Waals surface area contributed by atoms with Gasteiger partial charge in [0, 0.05) is 18.2 Å². The molecule has 0 amide bonds. The van der Waals surface area contributed by atoms with Crippen molar-refractivity contribution in [1.82, 2.24) is 5.32 Å². The van der Waals surface area contributed by atoms with E-state index in [0.29, 0.717) is 25.8 Å². The van der Waals surface area contributed by atoms with Gasteiger partial charge in [-0.3, -0.25) is 0 Å². The molecule has 2 aromatic rings. The fourth-order valence-electron chi connectivity index (χ4n) is 2.78. The predicted molar refractivity (Wildman–Crippen MR) is 80.2 cm³/mol. The maximum absolute atomic E-state index is 13.9. The van der Waals surface area contributed by atoms with Crippen LogP contribution in [-0.2, 0) is 24.5 Å². The molecule has 1 N–H and O–H groups in total. The third-order valence-corrected chi connectivity index (χ3v) is 4.26. The van der Waals surface area contributed by atoms with Crippen molar-refractivity contribution in [3.05, 3.63) is 58.9 Å². The molecule has 0 aromatic heterocycles. The zero-order valence-corrected chi connectivity index (χ0v) is 11.9. The summed E-state index contributed by atoms with van der Waals surface area (Å²) in [6.07, 6.45) is 2.43. The Bertz CT molecular complexity index is 679. The topological polar surface area (TPSA) is 21.3 Å². The molecule has 1 heterocycles. The van der Waals surface area contributed by atoms with E-state index in [0.717, 1.165) is 16.7 Å². The molecule has 0 saturated heterocycles. The maximum Gasteiger partial charge on any atom is 0.127 e. The van der Waals surface area contributed by atoms with Crippen LogP contribution in [0.1, 0.15) is 29.5 Å². The van der Waals surface area contributed by atoms with Crippen molar-refractivity contribution in [3.8, 4) is 11.1 Å². The summed E-state index contributed by atoms with van der Waals surface area (Å²) in [7, 11) is 0. The first-order valence-corrected chi connectivity index (χ1v) is 7.51. The third kappa shape index (κ3) is 2.71. The van der Waals surface area contributed by atoms with Gasteiger partial charge in [0.05, 0.1) is 13.2 Å². The molecule has 108 valence electrons. The van der Waals surface area contributed by atoms with Crippen LogP contribution in [0.25, 0.3) is 11.1 Å². The van der Waals surface area contributed by atoms with Crippen LogP contribution < -0.4 is 5.32 Å². The molecule has 21 heavy (non-hydrogen) atoms. The highest BCUT2D eigenvalue weighted by molar-refractivity contribution is 5.66. The molecule has 2 nitrogen and oxygen atoms in total. The van der Waals surface area contributed by atoms with Crippen molar-refractivity contribution in [2.75, 3.05) is 0 Å². The highest BCUT2D eigenvalue weighted by Gasteiger charge is 2.20. The molecule has 1 aliphatic heterocycles. The second kappa shape index (κ2) is 5.24. The van der Waals surface area contributed by atoms with E-state index >= 15 is 0 Å². The van der Waals surface area contributed by atoms with Gasteiger partial charge in [-0.25, -0.2) is 4.39 Å². The normalized spacial score (nSPS) is 17.0. The Morgan fingerprint density at radius 1 is 1.00 bits per heavy atom. The second-order valence-corrected chi connectivity index (χ2v) is 5.94. The van der Waals surface area contributed by atoms with Crippen molar-refractivity contribution < 1.29 is 9.13 Å². The zero-order chi connectivity index (χ0) is 14.2. The monoisotopic (exact) mass is 283 g/mol. The van der Waals surface area contributed by atoms with E-state index in [4.69, 9.17) is 4.74 Å². The lowest BCUT2D eigenvalue weighted by molar-refractivity contribution is 0.134. The summed E-state index contributed by atoms with van der Waals surface area (Å²) in [4.78, 5) is 0. The number of hydrogen-bond acceptors (Lipinski definition) is 2. The van der Waals surface area contributed by atoms with E-state index < -0.39 is 0 Å². The van der Waals surface area contributed by atoms with E-state index in [9.17, 15) is 4.39 Å². The fourth-order valence-corrected chi connectivity index (χ4v) is 2.78. The summed E-state index contributed by atoms with van der Waals surface area (Å²) in [5, 5.41) is 3.37. The number of ether oxygens (including phenoxy) is 1. The Kier molecular flexibility index (Phi) is 3.24. The second-order valence-electron chi connectivity index (χ2n) is 5.94. The lowest BCUT2D eigenvalue weighted by atomic mass is 9.99. The average Bonchev–Trinajstić information content (AvgIpc) is 3.21. The quantitative estimate of drug-likeness (QED) is 0.922. The molecule has 2 aromatic carbocycles. The first kappa shape index (κ1) is 13.0. The zero-order valence-electron chi connectivity index (χ0n) is 11.9. The molecule has 2 aliphatic rings. The van der Waals surface area contributed by atoms with Crippen LogP contribution in [0.15, 0.2) is 36.4 Å². The van der Waals surface area contributed by atoms with Gasteiger partial charge < -0.3 is 10.1 Å². The minimum absolute atomic E-state index is 0.128. The highest BCUT2D eigenvalue weighted by Crippen LogP contribution is 2.28. The molecule has 1 aliphatic carbocycles. The molecule has 1 saturated carbocycles. The first-order valence-electron chi connectivity index (χ1n) is 7.51. The smallest absolute Gasteiger partial charge is 0.127 e. The Labute approximate surface area is 123 Å². The Hall–Kier alpha value is -1.71. The summed E-state index contributed by atoms with van der Waals surface area (Å²) in [6.45, 7) is 1.99. The van der Waals surface area contributed by atoms with Gasteiger partial charge in [0.25, 0.3) is 0 Å². The molecule has 1 fully saturated rings. The van der Waals surface area contributed by atoms with E-state index in [1.54, 1.807) is 6.07 Å². The SMILES string of the molecule is Fc1ccc(-c2ccc3c(c2)COC3)cc1CNC1CC1. The number of benzene rings is 2. The van der Waals surface area contributed by atoms with Gasteiger partial charge in [-0.05, 0) is 53.3 Å². The maximum atomic E-state index is 13.9. The Balaban J connectivity index is 1.63. The van der Waals surface area contributed by atoms with E-state index in [1.807, 2.05) is 12.1 Å². The molecule has 0 bridgehead atoms. The number of fused-ring (bicyclic) bond motifs is 1. The van der Waals surface area contributed by atoms with E-state index in [2.05, 4.69) is 23.5 Å². The lowest BCUT2D eigenvalue weighted by Gasteiger charge is -2.09. The van der Waals surface area contributed by atoms with Crippen LogP contribution >= 0.6 is 0 Å². The van der Waals surface area contributed by atoms with Crippen LogP contribution in [0, 0.1) is 5.82 Å². The van der Waals surface area contributed by atoms with Crippen LogP contribution in [0.2, 0.25) is 0 Å². The van der Waals surface area contributed by atoms with Crippen molar-refractivity contribution in [3.63, 3.8) is 0 Å². The fraction of sp³-hybridized carbons (Fsp3) is 0.333. The van der Waals surface area contributed by atoms with Crippen LogP contribution in [-0.4, -0.2) is 6.04 Å². The Morgan fingerprint density at radius 3 is 2.62 bits per heavy atom. The number of hydrogen-bond donors (Lipinski definition) is 1. The first-order chi connectivity index (χ1) is 10.3. The van der Waals surface area contributed by atoms with Crippen molar-refractivity contribution in [2.24, 2.45) is 0 Å². The molecule has 0 atom stereocenters. The Morgan fingerprint density at radius 2 is 1.76 bits per heavy atom. The number of rotatable bonds is 4. The summed E-state index contributed by atoms with van der Waals surface area (Å²) in [5.41, 5.74) is 5.45. The summed E-state index contributed by atoms with van der Waals surface area (Å²) in [6, 6.07) is 12.3. The van der Waals surface area contributed by atoms with Crippen molar-refractivity contribution >= 4 is 0 Å². The standard InChI is InChI=1S/C18H18FNO/c19-18-6-3-13(7-15(18)9-20-17-4-5-17)12-1-2-14-10-21-11-16(14)8-12/h1-3,6-8,17,20H,4-5,9-11H2. The molecular formula is C18H18FNO. The largest absolute Gasteiger partial charge is 0.372 e. The van der Waals surface area contributed by atoms with Crippen LogP contribution in [0.4, 0.5) is 4.39 Å². The van der Waals surface area contributed by atoms with Crippen LogP contribution in [0.5, 0.6) is 0 Å². The summed E-state index contributed by atoms with van der Waals surface area (Å²) in [5.74, 6) is -0.128. The molecule has 0 spiro atoms. The van der Waals surface area contributed by atoms with E-state index in [1.165, 1.54) is 24.0 Å². The molecule has 0 radical (unpaired) electrons. The average molecular weight is 283 g/mol. The molecule has 0 unspecified atom stereocenters. The molecule has 4 rings (SSSR count). The van der Waals surface area contributed by atoms with Crippen molar-refractivity contribution in [1.29, 1.82) is 0 Å². The summed E-state index contributed by atoms with van der Waals surface area (Å²) < 4.78 is 19.4. The molecule has 3 heteroatoms. The minimum atomic E-state index is -0.128. The van der Waals surface area contributed by atoms with E-state index in [-0.39, 0.29) is 5.82 Å². The number of nitrogens with one attached hydrogen (secondary N) is 1. The highest BCUT2D eigenvalue weighted by atomic mass is 19.1. The third-order valence-electron chi connectivity index (χ3n) is 4.26. The van der Waals surface area contributed by atoms with Gasteiger partial charge in [0.15, 0.2) is 0 Å². The van der Waals surface area contributed by atoms with Gasteiger partial charge in [-0.1, -0.05) is 18.2 Å².